The van der Waals surface area contributed by atoms with Crippen molar-refractivity contribution in [2.45, 2.75) is 32.0 Å². The number of nitrogens with zero attached hydrogens (tertiary/aromatic N) is 3. The highest BCUT2D eigenvalue weighted by Gasteiger charge is 2.46. The van der Waals surface area contributed by atoms with Crippen molar-refractivity contribution >= 4 is 28.8 Å². The highest BCUT2D eigenvalue weighted by atomic mass is 32.1. The summed E-state index contributed by atoms with van der Waals surface area (Å²) in [7, 11) is 0. The molecule has 0 unspecified atom stereocenters. The number of rotatable bonds is 5. The molecule has 3 aromatic rings. The van der Waals surface area contributed by atoms with Gasteiger partial charge in [-0.15, -0.1) is 11.3 Å². The average molecular weight is 542 g/mol. The van der Waals surface area contributed by atoms with Gasteiger partial charge in [0.25, 0.3) is 5.91 Å². The number of anilines is 1. The molecule has 2 amide bonds. The molecule has 2 aliphatic rings. The first-order valence-electron chi connectivity index (χ1n) is 12.8. The van der Waals surface area contributed by atoms with Gasteiger partial charge in [0.1, 0.15) is 0 Å². The fourth-order valence-corrected chi connectivity index (χ4v) is 6.36. The van der Waals surface area contributed by atoms with Crippen LogP contribution >= 0.6 is 11.3 Å². The molecule has 0 spiro atoms. The Kier molecular flexibility index (Phi) is 7.22. The molecule has 9 heteroatoms. The van der Waals surface area contributed by atoms with Gasteiger partial charge in [-0.05, 0) is 47.2 Å². The van der Waals surface area contributed by atoms with Gasteiger partial charge in [0.2, 0.25) is 5.91 Å². The number of thiophene rings is 1. The molecular weight excluding hydrogens is 511 g/mol. The summed E-state index contributed by atoms with van der Waals surface area (Å²) in [6, 6.07) is 16.2. The van der Waals surface area contributed by atoms with Crippen molar-refractivity contribution in [3.63, 3.8) is 0 Å². The third-order valence-electron chi connectivity index (χ3n) is 7.23. The van der Waals surface area contributed by atoms with Gasteiger partial charge in [0, 0.05) is 48.9 Å². The normalized spacial score (nSPS) is 20.2. The number of halogens is 3. The summed E-state index contributed by atoms with van der Waals surface area (Å²) in [5.74, 6) is -0.452. The van der Waals surface area contributed by atoms with Gasteiger partial charge >= 0.3 is 6.18 Å². The van der Waals surface area contributed by atoms with E-state index in [1.807, 2.05) is 45.5 Å². The number of hydrogen-bond donors (Lipinski definition) is 0. The average Bonchev–Trinajstić information content (AvgIpc) is 3.44. The first-order valence-corrected chi connectivity index (χ1v) is 13.7. The van der Waals surface area contributed by atoms with Crippen molar-refractivity contribution in [1.82, 2.24) is 9.80 Å². The maximum absolute atomic E-state index is 14.2. The first kappa shape index (κ1) is 26.3. The van der Waals surface area contributed by atoms with Crippen LogP contribution in [0.1, 0.15) is 52.2 Å². The zero-order valence-corrected chi connectivity index (χ0v) is 22.1. The van der Waals surface area contributed by atoms with Crippen LogP contribution < -0.4 is 4.90 Å². The topological polar surface area (TPSA) is 43.9 Å². The lowest BCUT2D eigenvalue weighted by molar-refractivity contribution is -0.137. The van der Waals surface area contributed by atoms with E-state index in [9.17, 15) is 22.8 Å². The van der Waals surface area contributed by atoms with Crippen LogP contribution in [0.4, 0.5) is 18.9 Å². The fourth-order valence-electron chi connectivity index (χ4n) is 5.49. The third kappa shape index (κ3) is 5.04. The molecule has 0 saturated carbocycles. The molecule has 1 fully saturated rings. The maximum Gasteiger partial charge on any atom is 0.416 e. The second-order valence-corrected chi connectivity index (χ2v) is 11.2. The Morgan fingerprint density at radius 1 is 1.00 bits per heavy atom. The number of fused-ring (bicyclic) bond motifs is 1. The van der Waals surface area contributed by atoms with Crippen molar-refractivity contribution in [2.75, 3.05) is 37.6 Å². The molecule has 2 atom stereocenters. The summed E-state index contributed by atoms with van der Waals surface area (Å²) in [4.78, 5) is 34.3. The summed E-state index contributed by atoms with van der Waals surface area (Å²) in [6.45, 7) is 6.29. The quantitative estimate of drug-likeness (QED) is 0.395. The van der Waals surface area contributed by atoms with E-state index in [0.29, 0.717) is 44.0 Å². The van der Waals surface area contributed by atoms with Gasteiger partial charge in [-0.25, -0.2) is 0 Å². The van der Waals surface area contributed by atoms with Crippen molar-refractivity contribution in [1.29, 1.82) is 0 Å². The molecule has 5 rings (SSSR count). The Bertz CT molecular complexity index is 1300. The summed E-state index contributed by atoms with van der Waals surface area (Å²) in [5, 5.41) is 1.96. The van der Waals surface area contributed by atoms with Crippen LogP contribution in [0, 0.1) is 5.92 Å². The van der Waals surface area contributed by atoms with E-state index in [0.717, 1.165) is 22.6 Å². The number of amides is 2. The van der Waals surface area contributed by atoms with Gasteiger partial charge in [0.15, 0.2) is 0 Å². The molecule has 1 saturated heterocycles. The van der Waals surface area contributed by atoms with E-state index < -0.39 is 23.7 Å². The summed E-state index contributed by atoms with van der Waals surface area (Å²) in [5.41, 5.74) is 1.12. The third-order valence-corrected chi connectivity index (χ3v) is 8.17. The van der Waals surface area contributed by atoms with Crippen LogP contribution in [-0.2, 0) is 11.0 Å². The van der Waals surface area contributed by atoms with Gasteiger partial charge in [-0.3, -0.25) is 9.59 Å². The lowest BCUT2D eigenvalue weighted by Gasteiger charge is -2.44. The smallest absolute Gasteiger partial charge is 0.368 e. The van der Waals surface area contributed by atoms with E-state index in [-0.39, 0.29) is 17.7 Å². The molecule has 5 nitrogen and oxygen atoms in total. The van der Waals surface area contributed by atoms with E-state index in [4.69, 9.17) is 0 Å². The zero-order valence-electron chi connectivity index (χ0n) is 21.3. The van der Waals surface area contributed by atoms with Crippen molar-refractivity contribution in [3.8, 4) is 0 Å². The van der Waals surface area contributed by atoms with E-state index in [1.54, 1.807) is 28.4 Å². The van der Waals surface area contributed by atoms with Gasteiger partial charge in [0.05, 0.1) is 17.5 Å². The van der Waals surface area contributed by atoms with Gasteiger partial charge < -0.3 is 14.7 Å². The predicted octanol–water partition coefficient (Wildman–Crippen LogP) is 6.05. The molecule has 200 valence electrons. The summed E-state index contributed by atoms with van der Waals surface area (Å²) < 4.78 is 39.7. The molecule has 2 aliphatic heterocycles. The number of benzene rings is 2. The Morgan fingerprint density at radius 3 is 2.39 bits per heavy atom. The Balaban J connectivity index is 1.43. The minimum atomic E-state index is -4.40. The zero-order chi connectivity index (χ0) is 27.0. The number of carbonyl (C=O) groups excluding carboxylic acids is 2. The SMILES string of the molecule is CC(C)CN1C(=O)c2ccccc2[C@@H](C(=O)N2CCN(c3cccc(C(F)(F)F)c3)CC2)[C@@H]1c1cccs1. The lowest BCUT2D eigenvalue weighted by atomic mass is 9.80. The summed E-state index contributed by atoms with van der Waals surface area (Å²) in [6.07, 6.45) is -4.40. The molecule has 0 bridgehead atoms. The Hall–Kier alpha value is -3.33. The second-order valence-electron chi connectivity index (χ2n) is 10.2. The molecule has 2 aromatic carbocycles. The molecule has 1 aromatic heterocycles. The summed E-state index contributed by atoms with van der Waals surface area (Å²) >= 11 is 1.54. The number of alkyl halides is 3. The lowest BCUT2D eigenvalue weighted by Crippen LogP contribution is -2.53. The largest absolute Gasteiger partial charge is 0.416 e. The first-order chi connectivity index (χ1) is 18.1. The van der Waals surface area contributed by atoms with Crippen LogP contribution in [0.25, 0.3) is 0 Å². The molecule has 0 radical (unpaired) electrons. The number of carbonyl (C=O) groups is 2. The van der Waals surface area contributed by atoms with Gasteiger partial charge in [-0.2, -0.15) is 13.2 Å². The van der Waals surface area contributed by atoms with Crippen molar-refractivity contribution in [3.05, 3.63) is 87.6 Å². The molecule has 38 heavy (non-hydrogen) atoms. The van der Waals surface area contributed by atoms with E-state index in [2.05, 4.69) is 13.8 Å². The standard InChI is InChI=1S/C29H30F3N3O2S/c1-19(2)18-35-26(24-11-6-16-38-24)25(22-9-3-4-10-23(22)27(35)36)28(37)34-14-12-33(13-15-34)21-8-5-7-20(17-21)29(30,31)32/h3-11,16-17,19,25-26H,12-15,18H2,1-2H3/t25-,26+/m1/s1. The predicted molar refractivity (Wildman–Crippen MR) is 142 cm³/mol. The highest BCUT2D eigenvalue weighted by molar-refractivity contribution is 7.10. The molecule has 0 N–H and O–H groups in total. The minimum absolute atomic E-state index is 0.0548. The number of piperazine rings is 1. The second kappa shape index (κ2) is 10.4. The Labute approximate surface area is 224 Å². The fraction of sp³-hybridized carbons (Fsp3) is 0.379. The van der Waals surface area contributed by atoms with E-state index in [1.165, 1.54) is 6.07 Å². The molecule has 3 heterocycles. The van der Waals surface area contributed by atoms with Crippen LogP contribution in [0.15, 0.2) is 66.0 Å². The maximum atomic E-state index is 14.2. The van der Waals surface area contributed by atoms with Crippen molar-refractivity contribution < 1.29 is 22.8 Å². The van der Waals surface area contributed by atoms with Crippen LogP contribution in [-0.4, -0.2) is 54.3 Å². The molecule has 0 aliphatic carbocycles. The Morgan fingerprint density at radius 2 is 1.74 bits per heavy atom. The van der Waals surface area contributed by atoms with Crippen LogP contribution in [0.2, 0.25) is 0 Å². The number of hydrogen-bond acceptors (Lipinski definition) is 4. The monoisotopic (exact) mass is 541 g/mol. The van der Waals surface area contributed by atoms with Crippen LogP contribution in [0.3, 0.4) is 0 Å². The van der Waals surface area contributed by atoms with Crippen molar-refractivity contribution in [2.24, 2.45) is 5.92 Å². The molecular formula is C29H30F3N3O2S. The van der Waals surface area contributed by atoms with E-state index >= 15 is 0 Å². The van der Waals surface area contributed by atoms with Crippen LogP contribution in [0.5, 0.6) is 0 Å². The minimum Gasteiger partial charge on any atom is -0.368 e. The van der Waals surface area contributed by atoms with Gasteiger partial charge in [-0.1, -0.05) is 44.2 Å². The highest BCUT2D eigenvalue weighted by Crippen LogP contribution is 2.45.